The topological polar surface area (TPSA) is 58.4 Å². The zero-order valence-electron chi connectivity index (χ0n) is 19.0. The van der Waals surface area contributed by atoms with E-state index in [0.29, 0.717) is 28.9 Å². The van der Waals surface area contributed by atoms with Gasteiger partial charge in [0, 0.05) is 36.9 Å². The second kappa shape index (κ2) is 9.83. The lowest BCUT2D eigenvalue weighted by Gasteiger charge is -2.25. The molecule has 0 radical (unpaired) electrons. The first-order chi connectivity index (χ1) is 15.3. The Morgan fingerprint density at radius 1 is 1.12 bits per heavy atom. The molecule has 1 heterocycles. The number of hydrogen-bond acceptors (Lipinski definition) is 3. The fraction of sp³-hybridized carbons (Fsp3) is 0.240. The molecule has 166 valence electrons. The van der Waals surface area contributed by atoms with Gasteiger partial charge < -0.3 is 4.90 Å². The van der Waals surface area contributed by atoms with E-state index in [9.17, 15) is 9.59 Å². The zero-order chi connectivity index (χ0) is 23.4. The molecule has 0 bridgehead atoms. The number of aryl methyl sites for hydroxylation is 1. The summed E-state index contributed by atoms with van der Waals surface area (Å²) in [5.74, 6) is 0.894. The highest BCUT2D eigenvalue weighted by molar-refractivity contribution is 6.30. The van der Waals surface area contributed by atoms with E-state index in [1.165, 1.54) is 9.80 Å². The van der Waals surface area contributed by atoms with E-state index in [1.54, 1.807) is 30.8 Å². The second-order valence-corrected chi connectivity index (χ2v) is 8.22. The predicted octanol–water partition coefficient (Wildman–Crippen LogP) is 5.77. The SMILES string of the molecule is C/C=C(\C)CN(C(=O)N(C)C)c1nc(-c2ccccc2C)n(-c2ccc(Cl)cc2)c1C=O. The van der Waals surface area contributed by atoms with Gasteiger partial charge in [-0.3, -0.25) is 14.3 Å². The average Bonchev–Trinajstić information content (AvgIpc) is 3.16. The van der Waals surface area contributed by atoms with Crippen molar-refractivity contribution in [2.75, 3.05) is 25.5 Å². The maximum Gasteiger partial charge on any atom is 0.325 e. The van der Waals surface area contributed by atoms with E-state index in [4.69, 9.17) is 16.6 Å². The van der Waals surface area contributed by atoms with Gasteiger partial charge in [-0.1, -0.05) is 47.5 Å². The molecule has 0 spiro atoms. The molecule has 0 atom stereocenters. The van der Waals surface area contributed by atoms with Crippen molar-refractivity contribution >= 4 is 29.7 Å². The Hall–Kier alpha value is -3.38. The van der Waals surface area contributed by atoms with E-state index >= 15 is 0 Å². The minimum atomic E-state index is -0.258. The number of aldehydes is 1. The largest absolute Gasteiger partial charge is 0.330 e. The van der Waals surface area contributed by atoms with Crippen LogP contribution in [0.2, 0.25) is 5.02 Å². The maximum absolute atomic E-state index is 13.1. The molecule has 6 nitrogen and oxygen atoms in total. The summed E-state index contributed by atoms with van der Waals surface area (Å²) < 4.78 is 1.78. The van der Waals surface area contributed by atoms with Gasteiger partial charge in [-0.2, -0.15) is 0 Å². The Morgan fingerprint density at radius 2 is 1.78 bits per heavy atom. The summed E-state index contributed by atoms with van der Waals surface area (Å²) in [4.78, 5) is 33.4. The van der Waals surface area contributed by atoms with Crippen molar-refractivity contribution in [2.24, 2.45) is 0 Å². The lowest BCUT2D eigenvalue weighted by Crippen LogP contribution is -2.41. The number of allylic oxidation sites excluding steroid dienone is 1. The van der Waals surface area contributed by atoms with Crippen molar-refractivity contribution in [3.8, 4) is 17.1 Å². The molecule has 0 aliphatic heterocycles. The number of rotatable bonds is 6. The van der Waals surface area contributed by atoms with Crippen molar-refractivity contribution in [2.45, 2.75) is 20.8 Å². The first kappa shape index (κ1) is 23.3. The van der Waals surface area contributed by atoms with Crippen LogP contribution in [0.15, 0.2) is 60.2 Å². The number of benzene rings is 2. The number of carbonyl (C=O) groups excluding carboxylic acids is 2. The highest BCUT2D eigenvalue weighted by Gasteiger charge is 2.28. The van der Waals surface area contributed by atoms with Gasteiger partial charge in [0.2, 0.25) is 0 Å². The van der Waals surface area contributed by atoms with Crippen molar-refractivity contribution in [1.82, 2.24) is 14.5 Å². The normalized spacial score (nSPS) is 11.4. The van der Waals surface area contributed by atoms with Crippen LogP contribution in [0.1, 0.15) is 29.9 Å². The van der Waals surface area contributed by atoms with Gasteiger partial charge in [-0.15, -0.1) is 0 Å². The molecule has 0 N–H and O–H groups in total. The van der Waals surface area contributed by atoms with Crippen molar-refractivity contribution < 1.29 is 9.59 Å². The number of halogens is 1. The summed E-state index contributed by atoms with van der Waals surface area (Å²) in [6.07, 6.45) is 2.69. The Balaban J connectivity index is 2.35. The Kier molecular flexibility index (Phi) is 7.15. The van der Waals surface area contributed by atoms with E-state index in [1.807, 2.05) is 63.2 Å². The van der Waals surface area contributed by atoms with E-state index < -0.39 is 0 Å². The fourth-order valence-corrected chi connectivity index (χ4v) is 3.52. The number of imidazole rings is 1. The van der Waals surface area contributed by atoms with E-state index in [-0.39, 0.29) is 6.03 Å². The lowest BCUT2D eigenvalue weighted by atomic mass is 10.1. The van der Waals surface area contributed by atoms with Crippen molar-refractivity contribution in [3.05, 3.63) is 76.5 Å². The van der Waals surface area contributed by atoms with Crippen LogP contribution in [0.3, 0.4) is 0 Å². The van der Waals surface area contributed by atoms with E-state index in [0.717, 1.165) is 28.7 Å². The molecular formula is C25H27ClN4O2. The Bertz CT molecular complexity index is 1160. The molecular weight excluding hydrogens is 424 g/mol. The molecule has 0 fully saturated rings. The lowest BCUT2D eigenvalue weighted by molar-refractivity contribution is 0.111. The number of carbonyl (C=O) groups is 2. The molecule has 3 aromatic rings. The van der Waals surface area contributed by atoms with Crippen LogP contribution in [0, 0.1) is 6.92 Å². The molecule has 0 saturated heterocycles. The fourth-order valence-electron chi connectivity index (χ4n) is 3.40. The van der Waals surface area contributed by atoms with E-state index in [2.05, 4.69) is 0 Å². The van der Waals surface area contributed by atoms with Gasteiger partial charge in [-0.25, -0.2) is 9.78 Å². The van der Waals surface area contributed by atoms with Crippen LogP contribution in [0.4, 0.5) is 10.6 Å². The number of nitrogens with zero attached hydrogens (tertiary/aromatic N) is 4. The van der Waals surface area contributed by atoms with Crippen LogP contribution in [0.5, 0.6) is 0 Å². The minimum absolute atomic E-state index is 0.258. The number of hydrogen-bond donors (Lipinski definition) is 0. The molecule has 32 heavy (non-hydrogen) atoms. The molecule has 3 rings (SSSR count). The van der Waals surface area contributed by atoms with Crippen LogP contribution < -0.4 is 4.90 Å². The highest BCUT2D eigenvalue weighted by Crippen LogP contribution is 2.33. The number of anilines is 1. The quantitative estimate of drug-likeness (QED) is 0.354. The zero-order valence-corrected chi connectivity index (χ0v) is 19.7. The summed E-state index contributed by atoms with van der Waals surface area (Å²) in [6.45, 7) is 6.16. The number of aromatic nitrogens is 2. The van der Waals surface area contributed by atoms with Gasteiger partial charge in [0.15, 0.2) is 12.1 Å². The predicted molar refractivity (Wildman–Crippen MR) is 130 cm³/mol. The third-order valence-corrected chi connectivity index (χ3v) is 5.50. The summed E-state index contributed by atoms with van der Waals surface area (Å²) >= 11 is 6.10. The molecule has 2 aromatic carbocycles. The second-order valence-electron chi connectivity index (χ2n) is 7.79. The summed E-state index contributed by atoms with van der Waals surface area (Å²) in [5, 5.41) is 0.590. The Labute approximate surface area is 193 Å². The van der Waals surface area contributed by atoms with Crippen LogP contribution in [0.25, 0.3) is 17.1 Å². The minimum Gasteiger partial charge on any atom is -0.330 e. The highest BCUT2D eigenvalue weighted by atomic mass is 35.5. The molecule has 0 aliphatic carbocycles. The van der Waals surface area contributed by atoms with Crippen molar-refractivity contribution in [3.63, 3.8) is 0 Å². The Morgan fingerprint density at radius 3 is 2.34 bits per heavy atom. The monoisotopic (exact) mass is 450 g/mol. The molecule has 0 saturated carbocycles. The summed E-state index contributed by atoms with van der Waals surface area (Å²) in [5.41, 5.74) is 3.89. The average molecular weight is 451 g/mol. The van der Waals surface area contributed by atoms with Crippen molar-refractivity contribution in [1.29, 1.82) is 0 Å². The third kappa shape index (κ3) is 4.60. The third-order valence-electron chi connectivity index (χ3n) is 5.25. The first-order valence-electron chi connectivity index (χ1n) is 10.3. The number of urea groups is 1. The molecule has 0 unspecified atom stereocenters. The smallest absolute Gasteiger partial charge is 0.325 e. The maximum atomic E-state index is 13.1. The van der Waals surface area contributed by atoms with Gasteiger partial charge in [0.05, 0.1) is 0 Å². The van der Waals surface area contributed by atoms with Crippen LogP contribution in [-0.2, 0) is 0 Å². The summed E-state index contributed by atoms with van der Waals surface area (Å²) in [6, 6.07) is 14.8. The van der Waals surface area contributed by atoms with Gasteiger partial charge in [0.1, 0.15) is 11.5 Å². The standard InChI is InChI=1S/C25H27ClN4O2/c1-6-17(2)15-29(25(32)28(4)5)24-22(16-31)30(20-13-11-19(26)12-14-20)23(27-24)21-10-8-7-9-18(21)3/h6-14,16H,15H2,1-5H3/b17-6+. The van der Waals surface area contributed by atoms with Gasteiger partial charge in [-0.05, 0) is 50.6 Å². The van der Waals surface area contributed by atoms with Gasteiger partial charge in [0.25, 0.3) is 0 Å². The molecule has 1 aromatic heterocycles. The van der Waals surface area contributed by atoms with Crippen LogP contribution >= 0.6 is 11.6 Å². The number of amides is 2. The first-order valence-corrected chi connectivity index (χ1v) is 10.7. The summed E-state index contributed by atoms with van der Waals surface area (Å²) in [7, 11) is 3.36. The molecule has 2 amide bonds. The van der Waals surface area contributed by atoms with Crippen LogP contribution in [-0.4, -0.2) is 47.4 Å². The molecule has 7 heteroatoms. The molecule has 0 aliphatic rings. The van der Waals surface area contributed by atoms with Gasteiger partial charge >= 0.3 is 6.03 Å².